The topological polar surface area (TPSA) is 85.9 Å². The minimum Gasteiger partial charge on any atom is -0.497 e. The molecule has 1 heterocycles. The number of allylic oxidation sites excluding steroid dienone is 3. The number of hydrogen-bond acceptors (Lipinski definition) is 6. The number of ketones is 1. The summed E-state index contributed by atoms with van der Waals surface area (Å²) in [6, 6.07) is 20.2. The first-order chi connectivity index (χ1) is 19.3. The molecule has 5 rings (SSSR count). The fourth-order valence-electron chi connectivity index (χ4n) is 5.57. The fraction of sp³-hybridized carbons (Fsp3) is 0.250. The van der Waals surface area contributed by atoms with E-state index in [4.69, 9.17) is 25.8 Å². The second kappa shape index (κ2) is 11.5. The van der Waals surface area contributed by atoms with Crippen molar-refractivity contribution in [3.8, 4) is 17.2 Å². The summed E-state index contributed by atoms with van der Waals surface area (Å²) in [5.41, 5.74) is 5.00. The van der Waals surface area contributed by atoms with Crippen LogP contribution < -0.4 is 24.8 Å². The molecule has 0 aromatic heterocycles. The third kappa shape index (κ3) is 5.29. The maximum Gasteiger partial charge on any atom is 0.254 e. The summed E-state index contributed by atoms with van der Waals surface area (Å²) >= 11 is 6.39. The van der Waals surface area contributed by atoms with Crippen LogP contribution in [0.5, 0.6) is 17.2 Å². The zero-order chi connectivity index (χ0) is 28.4. The van der Waals surface area contributed by atoms with Crippen LogP contribution in [-0.4, -0.2) is 33.0 Å². The van der Waals surface area contributed by atoms with Gasteiger partial charge in [0.2, 0.25) is 0 Å². The molecule has 3 aromatic rings. The number of nitrogens with one attached hydrogen (secondary N) is 2. The maximum atomic E-state index is 13.9. The van der Waals surface area contributed by atoms with Crippen molar-refractivity contribution in [1.82, 2.24) is 5.32 Å². The number of halogens is 1. The second-order valence-corrected chi connectivity index (χ2v) is 10.3. The van der Waals surface area contributed by atoms with E-state index in [9.17, 15) is 9.59 Å². The Bertz CT molecular complexity index is 1530. The molecule has 7 nitrogen and oxygen atoms in total. The molecule has 40 heavy (non-hydrogen) atoms. The number of ether oxygens (including phenoxy) is 3. The van der Waals surface area contributed by atoms with Gasteiger partial charge in [0.15, 0.2) is 17.3 Å². The first kappa shape index (κ1) is 27.3. The largest absolute Gasteiger partial charge is 0.497 e. The van der Waals surface area contributed by atoms with Gasteiger partial charge < -0.3 is 24.8 Å². The Hall–Kier alpha value is -4.23. The SMILES string of the molecule is COc1ccc(NC(=O)C2=C(C)NC3=C(C(=O)C[C@@H](c4ccc(OC)c(OC)c4)C3)[C@H]2c2cccc(Cl)c2)cc1. The molecule has 0 unspecified atom stereocenters. The van der Waals surface area contributed by atoms with E-state index in [2.05, 4.69) is 10.6 Å². The highest BCUT2D eigenvalue weighted by atomic mass is 35.5. The van der Waals surface area contributed by atoms with E-state index in [-0.39, 0.29) is 17.6 Å². The number of rotatable bonds is 7. The molecule has 0 radical (unpaired) electrons. The molecule has 1 aliphatic carbocycles. The molecule has 0 bridgehead atoms. The van der Waals surface area contributed by atoms with E-state index in [0.717, 1.165) is 16.8 Å². The van der Waals surface area contributed by atoms with Crippen molar-refractivity contribution in [3.05, 3.63) is 105 Å². The van der Waals surface area contributed by atoms with Gasteiger partial charge in [-0.1, -0.05) is 29.8 Å². The van der Waals surface area contributed by atoms with E-state index >= 15 is 0 Å². The number of methoxy groups -OCH3 is 3. The van der Waals surface area contributed by atoms with Gasteiger partial charge in [0.25, 0.3) is 5.91 Å². The van der Waals surface area contributed by atoms with Crippen LogP contribution in [0.3, 0.4) is 0 Å². The van der Waals surface area contributed by atoms with Crippen LogP contribution in [0.4, 0.5) is 5.69 Å². The van der Waals surface area contributed by atoms with Crippen LogP contribution in [-0.2, 0) is 9.59 Å². The lowest BCUT2D eigenvalue weighted by atomic mass is 9.71. The first-order valence-corrected chi connectivity index (χ1v) is 13.4. The maximum absolute atomic E-state index is 13.9. The number of carbonyl (C=O) groups is 2. The average Bonchev–Trinajstić information content (AvgIpc) is 2.96. The van der Waals surface area contributed by atoms with E-state index in [1.165, 1.54) is 0 Å². The Morgan fingerprint density at radius 2 is 1.65 bits per heavy atom. The van der Waals surface area contributed by atoms with E-state index in [1.807, 2.05) is 43.3 Å². The molecule has 206 valence electrons. The Morgan fingerprint density at radius 3 is 2.33 bits per heavy atom. The molecule has 0 saturated carbocycles. The molecular weight excluding hydrogens is 528 g/mol. The Labute approximate surface area is 238 Å². The normalized spacial score (nSPS) is 18.6. The summed E-state index contributed by atoms with van der Waals surface area (Å²) in [7, 11) is 4.78. The number of anilines is 1. The van der Waals surface area contributed by atoms with Crippen LogP contribution in [0.25, 0.3) is 0 Å². The van der Waals surface area contributed by atoms with Crippen LogP contribution in [0, 0.1) is 0 Å². The lowest BCUT2D eigenvalue weighted by molar-refractivity contribution is -0.116. The van der Waals surface area contributed by atoms with Gasteiger partial charge in [0.05, 0.1) is 21.3 Å². The van der Waals surface area contributed by atoms with Crippen molar-refractivity contribution in [3.63, 3.8) is 0 Å². The molecule has 0 saturated heterocycles. The van der Waals surface area contributed by atoms with Crippen LogP contribution in [0.15, 0.2) is 89.3 Å². The molecule has 2 N–H and O–H groups in total. The summed E-state index contributed by atoms with van der Waals surface area (Å²) < 4.78 is 16.1. The zero-order valence-electron chi connectivity index (χ0n) is 22.8. The molecule has 1 amide bonds. The molecule has 2 aliphatic rings. The summed E-state index contributed by atoms with van der Waals surface area (Å²) in [6.07, 6.45) is 0.915. The van der Waals surface area contributed by atoms with Gasteiger partial charge >= 0.3 is 0 Å². The van der Waals surface area contributed by atoms with Crippen LogP contribution in [0.2, 0.25) is 5.02 Å². The van der Waals surface area contributed by atoms with Gasteiger partial charge in [0.1, 0.15) is 5.75 Å². The minimum absolute atomic E-state index is 0.0132. The zero-order valence-corrected chi connectivity index (χ0v) is 23.6. The second-order valence-electron chi connectivity index (χ2n) is 9.87. The number of Topliss-reactive ketones (excluding diaryl/α,β-unsaturated/α-hetero) is 1. The molecule has 0 spiro atoms. The minimum atomic E-state index is -0.563. The fourth-order valence-corrected chi connectivity index (χ4v) is 5.77. The predicted molar refractivity (Wildman–Crippen MR) is 155 cm³/mol. The van der Waals surface area contributed by atoms with E-state index in [1.54, 1.807) is 51.7 Å². The predicted octanol–water partition coefficient (Wildman–Crippen LogP) is 6.37. The van der Waals surface area contributed by atoms with Crippen LogP contribution >= 0.6 is 11.6 Å². The summed E-state index contributed by atoms with van der Waals surface area (Å²) in [4.78, 5) is 27.7. The molecular formula is C32H31ClN2O5. The van der Waals surface area contributed by atoms with Gasteiger partial charge in [-0.05, 0) is 78.9 Å². The highest BCUT2D eigenvalue weighted by Gasteiger charge is 2.41. The monoisotopic (exact) mass is 558 g/mol. The van der Waals surface area contributed by atoms with Gasteiger partial charge in [-0.2, -0.15) is 0 Å². The van der Waals surface area contributed by atoms with Crippen molar-refractivity contribution in [2.45, 2.75) is 31.6 Å². The number of amides is 1. The van der Waals surface area contributed by atoms with Gasteiger partial charge in [0, 0.05) is 45.6 Å². The lowest BCUT2D eigenvalue weighted by Crippen LogP contribution is -2.37. The molecule has 3 aromatic carbocycles. The van der Waals surface area contributed by atoms with Crippen molar-refractivity contribution < 1.29 is 23.8 Å². The van der Waals surface area contributed by atoms with Gasteiger partial charge in [-0.15, -0.1) is 0 Å². The number of dihydropyridines is 1. The first-order valence-electron chi connectivity index (χ1n) is 13.0. The number of hydrogen-bond donors (Lipinski definition) is 2. The third-order valence-corrected chi connectivity index (χ3v) is 7.72. The number of benzene rings is 3. The van der Waals surface area contributed by atoms with Crippen molar-refractivity contribution in [1.29, 1.82) is 0 Å². The summed E-state index contributed by atoms with van der Waals surface area (Å²) in [5.74, 6) is 1.03. The average molecular weight is 559 g/mol. The van der Waals surface area contributed by atoms with Gasteiger partial charge in [-0.3, -0.25) is 9.59 Å². The van der Waals surface area contributed by atoms with E-state index in [0.29, 0.717) is 57.6 Å². The summed E-state index contributed by atoms with van der Waals surface area (Å²) in [6.45, 7) is 1.87. The quantitative estimate of drug-likeness (QED) is 0.351. The highest BCUT2D eigenvalue weighted by molar-refractivity contribution is 6.30. The van der Waals surface area contributed by atoms with Crippen molar-refractivity contribution in [2.24, 2.45) is 0 Å². The molecule has 8 heteroatoms. The lowest BCUT2D eigenvalue weighted by Gasteiger charge is -2.37. The Balaban J connectivity index is 1.53. The van der Waals surface area contributed by atoms with Crippen LogP contribution in [0.1, 0.15) is 42.7 Å². The summed E-state index contributed by atoms with van der Waals surface area (Å²) in [5, 5.41) is 6.95. The highest BCUT2D eigenvalue weighted by Crippen LogP contribution is 2.46. The third-order valence-electron chi connectivity index (χ3n) is 7.48. The molecule has 1 aliphatic heterocycles. The Morgan fingerprint density at radius 1 is 0.900 bits per heavy atom. The van der Waals surface area contributed by atoms with Gasteiger partial charge in [-0.25, -0.2) is 0 Å². The van der Waals surface area contributed by atoms with Crippen molar-refractivity contribution in [2.75, 3.05) is 26.6 Å². The Kier molecular flexibility index (Phi) is 7.85. The van der Waals surface area contributed by atoms with E-state index < -0.39 is 5.92 Å². The number of carbonyl (C=O) groups excluding carboxylic acids is 2. The van der Waals surface area contributed by atoms with Crippen molar-refractivity contribution >= 4 is 29.0 Å². The smallest absolute Gasteiger partial charge is 0.254 e. The standard InChI is InChI=1S/C32H31ClN2O5/c1-18-29(32(37)35-23-9-11-24(38-2)12-10-23)30(20-6-5-7-22(33)14-20)31-25(34-18)15-21(16-26(31)36)19-8-13-27(39-3)28(17-19)40-4/h5-14,17,21,30,34H,15-16H2,1-4H3,(H,35,37)/t21-,30-/m0/s1. The molecule has 0 fully saturated rings. The molecule has 2 atom stereocenters.